The average molecular weight is 322 g/mol. The lowest BCUT2D eigenvalue weighted by Gasteiger charge is -2.10. The van der Waals surface area contributed by atoms with Crippen LogP contribution >= 0.6 is 15.9 Å². The second kappa shape index (κ2) is 6.02. The van der Waals surface area contributed by atoms with E-state index >= 15 is 0 Å². The Labute approximate surface area is 121 Å². The van der Waals surface area contributed by atoms with Crippen molar-refractivity contribution < 1.29 is 4.74 Å². The van der Waals surface area contributed by atoms with E-state index in [0.717, 1.165) is 27.7 Å². The van der Waals surface area contributed by atoms with Gasteiger partial charge < -0.3 is 10.1 Å². The second-order valence-electron chi connectivity index (χ2n) is 4.44. The molecule has 0 aliphatic rings. The van der Waals surface area contributed by atoms with Crippen molar-refractivity contribution in [3.63, 3.8) is 0 Å². The van der Waals surface area contributed by atoms with Gasteiger partial charge in [-0.15, -0.1) is 0 Å². The van der Waals surface area contributed by atoms with Gasteiger partial charge in [-0.2, -0.15) is 0 Å². The minimum absolute atomic E-state index is 0.286. The summed E-state index contributed by atoms with van der Waals surface area (Å²) in [6.07, 6.45) is 0. The molecule has 1 N–H and O–H groups in total. The van der Waals surface area contributed by atoms with E-state index in [4.69, 9.17) is 4.74 Å². The van der Waals surface area contributed by atoms with Gasteiger partial charge in [0.15, 0.2) is 0 Å². The Hall–Kier alpha value is -1.62. The molecule has 0 amide bonds. The number of rotatable bonds is 4. The molecule has 2 rings (SSSR count). The number of anilines is 2. The highest BCUT2D eigenvalue weighted by atomic mass is 79.9. The Kier molecular flexibility index (Phi) is 4.37. The van der Waals surface area contributed by atoms with E-state index in [1.807, 2.05) is 30.3 Å². The molecule has 0 saturated carbocycles. The van der Waals surface area contributed by atoms with Crippen LogP contribution in [-0.2, 0) is 0 Å². The maximum atomic E-state index is 5.13. The van der Waals surface area contributed by atoms with Crippen LogP contribution in [0.3, 0.4) is 0 Å². The molecule has 0 unspecified atom stereocenters. The summed E-state index contributed by atoms with van der Waals surface area (Å²) in [5, 5.41) is 3.25. The lowest BCUT2D eigenvalue weighted by molar-refractivity contribution is 0.415. The zero-order valence-corrected chi connectivity index (χ0v) is 12.7. The Morgan fingerprint density at radius 1 is 1.16 bits per heavy atom. The molecular formula is C14H16BrN3O. The van der Waals surface area contributed by atoms with Gasteiger partial charge in [-0.1, -0.05) is 13.8 Å². The van der Waals surface area contributed by atoms with Crippen molar-refractivity contribution in [2.45, 2.75) is 19.8 Å². The van der Waals surface area contributed by atoms with E-state index in [1.54, 1.807) is 7.11 Å². The van der Waals surface area contributed by atoms with Crippen LogP contribution in [0.25, 0.3) is 0 Å². The van der Waals surface area contributed by atoms with Gasteiger partial charge in [0.2, 0.25) is 0 Å². The molecule has 1 aromatic heterocycles. The molecule has 2 aromatic rings. The summed E-state index contributed by atoms with van der Waals surface area (Å²) < 4.78 is 5.91. The topological polar surface area (TPSA) is 47.0 Å². The van der Waals surface area contributed by atoms with Gasteiger partial charge in [-0.3, -0.25) is 0 Å². The largest absolute Gasteiger partial charge is 0.497 e. The summed E-state index contributed by atoms with van der Waals surface area (Å²) in [6, 6.07) is 9.56. The Morgan fingerprint density at radius 3 is 2.42 bits per heavy atom. The summed E-state index contributed by atoms with van der Waals surface area (Å²) in [6.45, 7) is 4.14. The lowest BCUT2D eigenvalue weighted by atomic mass is 10.2. The third-order valence-electron chi connectivity index (χ3n) is 2.59. The number of halogens is 1. The third-order valence-corrected chi connectivity index (χ3v) is 3.00. The van der Waals surface area contributed by atoms with Gasteiger partial charge in [-0.25, -0.2) is 9.97 Å². The monoisotopic (exact) mass is 321 g/mol. The van der Waals surface area contributed by atoms with Gasteiger partial charge >= 0.3 is 0 Å². The van der Waals surface area contributed by atoms with E-state index in [9.17, 15) is 0 Å². The molecule has 100 valence electrons. The molecule has 5 heteroatoms. The molecule has 0 fully saturated rings. The predicted octanol–water partition coefficient (Wildman–Crippen LogP) is 4.11. The molecule has 19 heavy (non-hydrogen) atoms. The minimum atomic E-state index is 0.286. The van der Waals surface area contributed by atoms with Crippen molar-refractivity contribution >= 4 is 27.4 Å². The predicted molar refractivity (Wildman–Crippen MR) is 80.1 cm³/mol. The number of aromatic nitrogens is 2. The van der Waals surface area contributed by atoms with Crippen LogP contribution < -0.4 is 10.1 Å². The molecule has 0 bridgehead atoms. The Morgan fingerprint density at radius 2 is 1.84 bits per heavy atom. The molecule has 1 heterocycles. The number of nitrogens with one attached hydrogen (secondary N) is 1. The number of benzene rings is 1. The van der Waals surface area contributed by atoms with Crippen molar-refractivity contribution in [1.82, 2.24) is 9.97 Å². The van der Waals surface area contributed by atoms with E-state index in [2.05, 4.69) is 45.1 Å². The van der Waals surface area contributed by atoms with Crippen LogP contribution in [-0.4, -0.2) is 17.1 Å². The first-order valence-electron chi connectivity index (χ1n) is 6.04. The summed E-state index contributed by atoms with van der Waals surface area (Å²) in [5.41, 5.74) is 0.959. The molecule has 0 spiro atoms. The highest BCUT2D eigenvalue weighted by Crippen LogP contribution is 2.22. The second-order valence-corrected chi connectivity index (χ2v) is 5.25. The fourth-order valence-corrected chi connectivity index (χ4v) is 1.98. The minimum Gasteiger partial charge on any atom is -0.497 e. The van der Waals surface area contributed by atoms with Gasteiger partial charge in [0.25, 0.3) is 0 Å². The fraction of sp³-hybridized carbons (Fsp3) is 0.286. The van der Waals surface area contributed by atoms with Gasteiger partial charge in [0.1, 0.15) is 22.0 Å². The number of ether oxygens (including phenoxy) is 1. The van der Waals surface area contributed by atoms with Crippen molar-refractivity contribution in [2.24, 2.45) is 0 Å². The first kappa shape index (κ1) is 13.8. The number of nitrogens with zero attached hydrogens (tertiary/aromatic N) is 2. The van der Waals surface area contributed by atoms with Crippen LogP contribution in [0.5, 0.6) is 5.75 Å². The number of hydrogen-bond donors (Lipinski definition) is 1. The average Bonchev–Trinajstić information content (AvgIpc) is 2.39. The van der Waals surface area contributed by atoms with Crippen molar-refractivity contribution in [1.29, 1.82) is 0 Å². The van der Waals surface area contributed by atoms with E-state index < -0.39 is 0 Å². The molecule has 0 aliphatic heterocycles. The summed E-state index contributed by atoms with van der Waals surface area (Å²) in [5.74, 6) is 2.70. The zero-order valence-electron chi connectivity index (χ0n) is 11.1. The summed E-state index contributed by atoms with van der Waals surface area (Å²) in [4.78, 5) is 8.84. The van der Waals surface area contributed by atoms with Crippen LogP contribution in [0.1, 0.15) is 25.6 Å². The van der Waals surface area contributed by atoms with Gasteiger partial charge in [0, 0.05) is 17.7 Å². The smallest absolute Gasteiger partial charge is 0.135 e. The number of methoxy groups -OCH3 is 1. The van der Waals surface area contributed by atoms with E-state index in [0.29, 0.717) is 0 Å². The molecule has 0 radical (unpaired) electrons. The third kappa shape index (κ3) is 3.67. The van der Waals surface area contributed by atoms with Crippen molar-refractivity contribution in [2.75, 3.05) is 12.4 Å². The van der Waals surface area contributed by atoms with Crippen LogP contribution in [0, 0.1) is 0 Å². The zero-order chi connectivity index (χ0) is 13.8. The van der Waals surface area contributed by atoms with Crippen molar-refractivity contribution in [3.05, 3.63) is 40.8 Å². The molecule has 0 saturated heterocycles. The molecule has 1 aromatic carbocycles. The fourth-order valence-electron chi connectivity index (χ4n) is 1.58. The lowest BCUT2D eigenvalue weighted by Crippen LogP contribution is -2.02. The Bertz CT molecular complexity index is 555. The highest BCUT2D eigenvalue weighted by Gasteiger charge is 2.07. The molecule has 0 aliphatic carbocycles. The maximum absolute atomic E-state index is 5.13. The van der Waals surface area contributed by atoms with Crippen molar-refractivity contribution in [3.8, 4) is 5.75 Å². The van der Waals surface area contributed by atoms with Gasteiger partial charge in [-0.05, 0) is 40.2 Å². The number of hydrogen-bond acceptors (Lipinski definition) is 4. The van der Waals surface area contributed by atoms with E-state index in [1.165, 1.54) is 0 Å². The van der Waals surface area contributed by atoms with Crippen LogP contribution in [0.15, 0.2) is 34.9 Å². The first-order valence-corrected chi connectivity index (χ1v) is 6.83. The van der Waals surface area contributed by atoms with E-state index in [-0.39, 0.29) is 5.92 Å². The van der Waals surface area contributed by atoms with Crippen LogP contribution in [0.2, 0.25) is 0 Å². The standard InChI is InChI=1S/C14H16BrN3O/c1-9(2)14-17-12(15)8-13(18-14)16-10-4-6-11(19-3)7-5-10/h4-9H,1-3H3,(H,16,17,18). The molecular weight excluding hydrogens is 306 g/mol. The Balaban J connectivity index is 2.22. The van der Waals surface area contributed by atoms with Gasteiger partial charge in [0.05, 0.1) is 7.11 Å². The summed E-state index contributed by atoms with van der Waals surface area (Å²) in [7, 11) is 1.65. The normalized spacial score (nSPS) is 10.6. The molecule has 0 atom stereocenters. The van der Waals surface area contributed by atoms with Crippen LogP contribution in [0.4, 0.5) is 11.5 Å². The highest BCUT2D eigenvalue weighted by molar-refractivity contribution is 9.10. The summed E-state index contributed by atoms with van der Waals surface area (Å²) >= 11 is 3.41. The SMILES string of the molecule is COc1ccc(Nc2cc(Br)nc(C(C)C)n2)cc1. The quantitative estimate of drug-likeness (QED) is 0.861. The molecule has 4 nitrogen and oxygen atoms in total. The maximum Gasteiger partial charge on any atom is 0.135 e. The first-order chi connectivity index (χ1) is 9.08.